The summed E-state index contributed by atoms with van der Waals surface area (Å²) < 4.78 is 26.8. The molecule has 2 aromatic carbocycles. The van der Waals surface area contributed by atoms with Crippen molar-refractivity contribution in [2.75, 3.05) is 12.9 Å². The van der Waals surface area contributed by atoms with Gasteiger partial charge in [0.2, 0.25) is 0 Å². The van der Waals surface area contributed by atoms with E-state index in [1.54, 1.807) is 12.1 Å². The molecule has 0 spiro atoms. The van der Waals surface area contributed by atoms with Crippen LogP contribution in [-0.4, -0.2) is 32.5 Å². The molecule has 0 bridgehead atoms. The maximum absolute atomic E-state index is 13.4. The van der Waals surface area contributed by atoms with Gasteiger partial charge in [-0.3, -0.25) is 0 Å². The van der Waals surface area contributed by atoms with Gasteiger partial charge < -0.3 is 5.11 Å². The SMILES string of the molecule is CCCCC1(CC)CS(=O)(=O)c2ccccc2[C@@H](c2ccc(COOC)cc2)C1O. The van der Waals surface area contributed by atoms with E-state index in [1.165, 1.54) is 7.11 Å². The van der Waals surface area contributed by atoms with Crippen molar-refractivity contribution in [1.29, 1.82) is 0 Å². The minimum Gasteiger partial charge on any atom is -0.392 e. The van der Waals surface area contributed by atoms with Gasteiger partial charge in [-0.15, -0.1) is 0 Å². The third-order valence-electron chi connectivity index (χ3n) is 6.42. The normalized spacial score (nSPS) is 25.5. The molecule has 30 heavy (non-hydrogen) atoms. The minimum absolute atomic E-state index is 0.0229. The van der Waals surface area contributed by atoms with Crippen LogP contribution in [0.15, 0.2) is 53.4 Å². The second-order valence-corrected chi connectivity index (χ2v) is 10.2. The van der Waals surface area contributed by atoms with Crippen LogP contribution < -0.4 is 0 Å². The highest BCUT2D eigenvalue weighted by Crippen LogP contribution is 2.48. The summed E-state index contributed by atoms with van der Waals surface area (Å²) in [5.41, 5.74) is 1.84. The van der Waals surface area contributed by atoms with Gasteiger partial charge in [0.15, 0.2) is 9.84 Å². The van der Waals surface area contributed by atoms with E-state index in [1.807, 2.05) is 43.3 Å². The van der Waals surface area contributed by atoms with Crippen molar-refractivity contribution >= 4 is 9.84 Å². The molecule has 6 heteroatoms. The number of sulfone groups is 1. The van der Waals surface area contributed by atoms with E-state index in [-0.39, 0.29) is 5.75 Å². The molecular formula is C24H32O5S. The fourth-order valence-electron chi connectivity index (χ4n) is 4.63. The van der Waals surface area contributed by atoms with Crippen molar-refractivity contribution in [3.8, 4) is 0 Å². The van der Waals surface area contributed by atoms with Gasteiger partial charge in [-0.1, -0.05) is 69.2 Å². The lowest BCUT2D eigenvalue weighted by molar-refractivity contribution is -0.282. The fraction of sp³-hybridized carbons (Fsp3) is 0.500. The van der Waals surface area contributed by atoms with Crippen LogP contribution in [0.2, 0.25) is 0 Å². The van der Waals surface area contributed by atoms with E-state index in [9.17, 15) is 13.5 Å². The summed E-state index contributed by atoms with van der Waals surface area (Å²) in [6.45, 7) is 4.41. The average Bonchev–Trinajstić information content (AvgIpc) is 2.83. The monoisotopic (exact) mass is 432 g/mol. The lowest BCUT2D eigenvalue weighted by atomic mass is 9.69. The van der Waals surface area contributed by atoms with Gasteiger partial charge in [0.25, 0.3) is 0 Å². The highest BCUT2D eigenvalue weighted by Gasteiger charge is 2.48. The van der Waals surface area contributed by atoms with E-state index in [4.69, 9.17) is 4.89 Å². The van der Waals surface area contributed by atoms with Crippen LogP contribution in [0.1, 0.15) is 62.1 Å². The first-order valence-electron chi connectivity index (χ1n) is 10.6. The van der Waals surface area contributed by atoms with Crippen molar-refractivity contribution in [1.82, 2.24) is 0 Å². The summed E-state index contributed by atoms with van der Waals surface area (Å²) >= 11 is 0. The summed E-state index contributed by atoms with van der Waals surface area (Å²) in [7, 11) is -2.05. The van der Waals surface area contributed by atoms with E-state index in [2.05, 4.69) is 11.8 Å². The molecule has 3 rings (SSSR count). The Morgan fingerprint density at radius 3 is 2.43 bits per heavy atom. The summed E-state index contributed by atoms with van der Waals surface area (Å²) in [5.74, 6) is -0.432. The lowest BCUT2D eigenvalue weighted by Crippen LogP contribution is -2.42. The molecule has 0 aromatic heterocycles. The number of aliphatic hydroxyl groups is 1. The number of hydrogen-bond donors (Lipinski definition) is 1. The molecule has 3 atom stereocenters. The second-order valence-electron chi connectivity index (χ2n) is 8.21. The van der Waals surface area contributed by atoms with Crippen LogP contribution >= 0.6 is 0 Å². The maximum Gasteiger partial charge on any atom is 0.179 e. The molecule has 5 nitrogen and oxygen atoms in total. The zero-order valence-corrected chi connectivity index (χ0v) is 18.8. The smallest absolute Gasteiger partial charge is 0.179 e. The van der Waals surface area contributed by atoms with Gasteiger partial charge in [-0.05, 0) is 35.6 Å². The van der Waals surface area contributed by atoms with Crippen LogP contribution in [0.4, 0.5) is 0 Å². The van der Waals surface area contributed by atoms with Crippen LogP contribution in [-0.2, 0) is 26.2 Å². The Morgan fingerprint density at radius 1 is 1.10 bits per heavy atom. The van der Waals surface area contributed by atoms with Gasteiger partial charge >= 0.3 is 0 Å². The molecule has 0 amide bonds. The number of benzene rings is 2. The zero-order valence-electron chi connectivity index (χ0n) is 18.0. The summed E-state index contributed by atoms with van der Waals surface area (Å²) in [4.78, 5) is 10.0. The van der Waals surface area contributed by atoms with Gasteiger partial charge in [0.1, 0.15) is 6.61 Å². The number of aliphatic hydroxyl groups excluding tert-OH is 1. The lowest BCUT2D eigenvalue weighted by Gasteiger charge is -2.39. The molecule has 0 saturated heterocycles. The number of hydrogen-bond acceptors (Lipinski definition) is 5. The van der Waals surface area contributed by atoms with Crippen LogP contribution in [0, 0.1) is 5.41 Å². The van der Waals surface area contributed by atoms with E-state index >= 15 is 0 Å². The Morgan fingerprint density at radius 2 is 1.80 bits per heavy atom. The Kier molecular flexibility index (Phi) is 7.34. The van der Waals surface area contributed by atoms with E-state index < -0.39 is 27.3 Å². The maximum atomic E-state index is 13.4. The Balaban J connectivity index is 2.14. The molecule has 0 aliphatic carbocycles. The van der Waals surface area contributed by atoms with Crippen LogP contribution in [0.5, 0.6) is 0 Å². The van der Waals surface area contributed by atoms with Crippen LogP contribution in [0.25, 0.3) is 0 Å². The highest BCUT2D eigenvalue weighted by molar-refractivity contribution is 7.91. The largest absolute Gasteiger partial charge is 0.392 e. The molecule has 2 unspecified atom stereocenters. The Hall–Kier alpha value is -1.73. The molecule has 164 valence electrons. The van der Waals surface area contributed by atoms with Gasteiger partial charge in [0.05, 0.1) is 23.9 Å². The first kappa shape index (κ1) is 22.9. The van der Waals surface area contributed by atoms with Crippen molar-refractivity contribution < 1.29 is 23.3 Å². The molecule has 1 aliphatic heterocycles. The highest BCUT2D eigenvalue weighted by atomic mass is 32.2. The predicted molar refractivity (Wildman–Crippen MR) is 117 cm³/mol. The quantitative estimate of drug-likeness (QED) is 0.486. The molecule has 0 saturated carbocycles. The van der Waals surface area contributed by atoms with Gasteiger partial charge in [-0.25, -0.2) is 18.2 Å². The summed E-state index contributed by atoms with van der Waals surface area (Å²) in [6.07, 6.45) is 2.34. The Bertz CT molecular complexity index is 938. The fourth-order valence-corrected chi connectivity index (χ4v) is 6.90. The molecule has 2 aromatic rings. The third kappa shape index (κ3) is 4.47. The zero-order chi connectivity index (χ0) is 21.8. The van der Waals surface area contributed by atoms with E-state index in [0.29, 0.717) is 29.9 Å². The summed E-state index contributed by atoms with van der Waals surface area (Å²) in [6, 6.07) is 14.9. The molecule has 1 N–H and O–H groups in total. The van der Waals surface area contributed by atoms with Crippen molar-refractivity contribution in [3.05, 3.63) is 65.2 Å². The molecule has 1 heterocycles. The predicted octanol–water partition coefficient (Wildman–Crippen LogP) is 4.63. The molecule has 1 aliphatic rings. The van der Waals surface area contributed by atoms with Crippen molar-refractivity contribution in [2.24, 2.45) is 5.41 Å². The number of rotatable bonds is 8. The minimum atomic E-state index is -3.52. The topological polar surface area (TPSA) is 72.8 Å². The number of fused-ring (bicyclic) bond motifs is 1. The van der Waals surface area contributed by atoms with Gasteiger partial charge in [0, 0.05) is 11.3 Å². The number of unbranched alkanes of at least 4 members (excludes halogenated alkanes) is 1. The van der Waals surface area contributed by atoms with E-state index in [0.717, 1.165) is 24.0 Å². The summed E-state index contributed by atoms with van der Waals surface area (Å²) in [5, 5.41) is 11.7. The third-order valence-corrected chi connectivity index (χ3v) is 8.42. The van der Waals surface area contributed by atoms with Gasteiger partial charge in [-0.2, -0.15) is 0 Å². The molecular weight excluding hydrogens is 400 g/mol. The van der Waals surface area contributed by atoms with Crippen LogP contribution in [0.3, 0.4) is 0 Å². The van der Waals surface area contributed by atoms with Crippen molar-refractivity contribution in [3.63, 3.8) is 0 Å². The molecule has 0 fully saturated rings. The Labute approximate surface area is 179 Å². The standard InChI is InChI=1S/C24H32O5S/c1-4-6-15-24(5-2)17-30(26,27)21-10-8-7-9-20(21)22(23(24)25)19-13-11-18(12-14-19)16-29-28-3/h7-14,22-23,25H,4-6,15-17H2,1-3H3/t22-,23?,24?/m1/s1. The first-order valence-corrected chi connectivity index (χ1v) is 12.3. The molecule has 0 radical (unpaired) electrons. The second kappa shape index (κ2) is 9.60. The van der Waals surface area contributed by atoms with Crippen molar-refractivity contribution in [2.45, 2.75) is 63.1 Å². The average molecular weight is 433 g/mol. The first-order chi connectivity index (χ1) is 14.4.